The summed E-state index contributed by atoms with van der Waals surface area (Å²) in [5.41, 5.74) is 7.56. The van der Waals surface area contributed by atoms with Crippen molar-refractivity contribution in [1.82, 2.24) is 35.7 Å². The third kappa shape index (κ3) is 2.11. The number of nitrogens with one attached hydrogen (secondary N) is 2. The number of hydrogen-bond acceptors (Lipinski definition) is 7. The molecule has 4 aromatic rings. The molecule has 116 valence electrons. The van der Waals surface area contributed by atoms with Gasteiger partial charge in [-0.05, 0) is 12.1 Å². The zero-order chi connectivity index (χ0) is 16.7. The van der Waals surface area contributed by atoms with E-state index in [4.69, 9.17) is 17.3 Å². The van der Waals surface area contributed by atoms with Gasteiger partial charge >= 0.3 is 0 Å². The monoisotopic (exact) mass is 339 g/mol. The molecule has 0 amide bonds. The number of nitrogen functional groups attached to an aromatic ring is 1. The second-order valence-corrected chi connectivity index (χ2v) is 5.24. The van der Waals surface area contributed by atoms with Crippen LogP contribution in [-0.2, 0) is 0 Å². The molecule has 0 bridgehead atoms. The fraction of sp³-hybridized carbons (Fsp3) is 0. The summed E-state index contributed by atoms with van der Waals surface area (Å²) < 4.78 is 1.44. The van der Waals surface area contributed by atoms with Crippen molar-refractivity contribution in [3.05, 3.63) is 35.4 Å². The Kier molecular flexibility index (Phi) is 3.07. The minimum atomic E-state index is 0.00818. The molecule has 3 aromatic heterocycles. The van der Waals surface area contributed by atoms with Gasteiger partial charge in [0.25, 0.3) is 12.1 Å². The number of anilines is 1. The van der Waals surface area contributed by atoms with E-state index in [0.29, 0.717) is 27.6 Å². The fourth-order valence-corrected chi connectivity index (χ4v) is 2.58. The molecule has 0 aliphatic rings. The molecule has 0 atom stereocenters. The molecular formula is C13H8ClN10+. The van der Waals surface area contributed by atoms with Crippen molar-refractivity contribution in [3.8, 4) is 23.1 Å². The molecule has 11 heteroatoms. The minimum Gasteiger partial charge on any atom is -0.371 e. The number of benzene rings is 1. The van der Waals surface area contributed by atoms with E-state index in [1.54, 1.807) is 12.3 Å². The standard InChI is InChI=1S/C13H7ClN10/c14-8-2-6(1-7-4-17-21-10(7)8)11-13(24-5-18-22-23-24)20-12(16)9(3-15)19-11/h1-2,4-5H,(H3,16,17,19,20,21,22,23)/p+1. The molecule has 4 N–H and O–H groups in total. The molecule has 3 heterocycles. The van der Waals surface area contributed by atoms with E-state index in [-0.39, 0.29) is 11.5 Å². The maximum Gasteiger partial charge on any atom is 0.282 e. The summed E-state index contributed by atoms with van der Waals surface area (Å²) in [6.07, 6.45) is 3.06. The molecule has 0 unspecified atom stereocenters. The van der Waals surface area contributed by atoms with Crippen LogP contribution in [0.15, 0.2) is 24.7 Å². The van der Waals surface area contributed by atoms with Crippen molar-refractivity contribution in [2.24, 2.45) is 0 Å². The maximum absolute atomic E-state index is 9.19. The van der Waals surface area contributed by atoms with Gasteiger partial charge in [0.05, 0.1) is 16.7 Å². The summed E-state index contributed by atoms with van der Waals surface area (Å²) in [7, 11) is 0. The molecular weight excluding hydrogens is 332 g/mol. The quantitative estimate of drug-likeness (QED) is 0.450. The molecule has 0 radical (unpaired) electrons. The van der Waals surface area contributed by atoms with E-state index in [1.807, 2.05) is 12.1 Å². The van der Waals surface area contributed by atoms with Gasteiger partial charge in [-0.15, -0.1) is 9.67 Å². The number of halogens is 1. The number of nitrogens with zero attached hydrogens (tertiary/aromatic N) is 7. The highest BCUT2D eigenvalue weighted by Crippen LogP contribution is 2.30. The summed E-state index contributed by atoms with van der Waals surface area (Å²) in [5.74, 6) is 0.351. The van der Waals surface area contributed by atoms with E-state index < -0.39 is 0 Å². The molecule has 0 aliphatic heterocycles. The van der Waals surface area contributed by atoms with Crippen LogP contribution in [0.1, 0.15) is 5.69 Å². The lowest BCUT2D eigenvalue weighted by Crippen LogP contribution is -2.35. The lowest BCUT2D eigenvalue weighted by Gasteiger charge is -2.06. The van der Waals surface area contributed by atoms with Gasteiger partial charge in [-0.25, -0.2) is 4.98 Å². The topological polar surface area (TPSA) is 150 Å². The molecule has 0 fully saturated rings. The number of fused-ring (bicyclic) bond motifs is 1. The highest BCUT2D eigenvalue weighted by atomic mass is 35.5. The molecule has 0 aliphatic carbocycles. The molecule has 0 spiro atoms. The average molecular weight is 340 g/mol. The van der Waals surface area contributed by atoms with Crippen molar-refractivity contribution < 1.29 is 4.68 Å². The van der Waals surface area contributed by atoms with E-state index in [0.717, 1.165) is 5.39 Å². The van der Waals surface area contributed by atoms with E-state index in [2.05, 4.69) is 35.7 Å². The van der Waals surface area contributed by atoms with Crippen LogP contribution in [-0.4, -0.2) is 35.7 Å². The van der Waals surface area contributed by atoms with Crippen LogP contribution in [0.2, 0.25) is 5.02 Å². The summed E-state index contributed by atoms with van der Waals surface area (Å²) in [5, 5.41) is 27.2. The molecule has 1 aromatic carbocycles. The van der Waals surface area contributed by atoms with Gasteiger partial charge in [0, 0.05) is 16.0 Å². The van der Waals surface area contributed by atoms with Crippen LogP contribution in [0.5, 0.6) is 0 Å². The fourth-order valence-electron chi connectivity index (χ4n) is 2.31. The number of rotatable bonds is 2. The third-order valence-electron chi connectivity index (χ3n) is 3.39. The molecule has 0 saturated heterocycles. The first-order valence-corrected chi connectivity index (χ1v) is 7.04. The number of tetrazole rings is 1. The Labute approximate surface area is 138 Å². The van der Waals surface area contributed by atoms with Crippen molar-refractivity contribution in [3.63, 3.8) is 0 Å². The molecule has 24 heavy (non-hydrogen) atoms. The van der Waals surface area contributed by atoms with Gasteiger partial charge in [-0.1, -0.05) is 16.8 Å². The van der Waals surface area contributed by atoms with Crippen molar-refractivity contribution >= 4 is 28.3 Å². The van der Waals surface area contributed by atoms with Gasteiger partial charge in [0.2, 0.25) is 5.82 Å². The van der Waals surface area contributed by atoms with Crippen molar-refractivity contribution in [2.75, 3.05) is 5.73 Å². The number of H-pyrrole nitrogens is 2. The predicted octanol–water partition coefficient (Wildman–Crippen LogP) is 0.522. The van der Waals surface area contributed by atoms with Gasteiger partial charge in [0.15, 0.2) is 5.69 Å². The second kappa shape index (κ2) is 5.25. The molecule has 0 saturated carbocycles. The van der Waals surface area contributed by atoms with Gasteiger partial charge in [-0.3, -0.25) is 5.10 Å². The van der Waals surface area contributed by atoms with E-state index in [9.17, 15) is 5.26 Å². The highest BCUT2D eigenvalue weighted by Gasteiger charge is 2.22. The van der Waals surface area contributed by atoms with Gasteiger partial charge in [0.1, 0.15) is 17.0 Å². The average Bonchev–Trinajstić information content (AvgIpc) is 3.26. The number of aromatic amines is 2. The van der Waals surface area contributed by atoms with Crippen molar-refractivity contribution in [2.45, 2.75) is 0 Å². The third-order valence-corrected chi connectivity index (χ3v) is 3.69. The summed E-state index contributed by atoms with van der Waals surface area (Å²) >= 11 is 6.29. The van der Waals surface area contributed by atoms with Gasteiger partial charge < -0.3 is 5.73 Å². The summed E-state index contributed by atoms with van der Waals surface area (Å²) in [6, 6.07) is 5.46. The number of nitrogens with two attached hydrogens (primary N) is 1. The number of nitriles is 1. The molecule has 4 rings (SSSR count). The van der Waals surface area contributed by atoms with Crippen molar-refractivity contribution in [1.29, 1.82) is 5.26 Å². The Morgan fingerprint density at radius 2 is 2.17 bits per heavy atom. The SMILES string of the molecule is N#Cc1nc(-c2cc(Cl)c3[nH]ncc3c2)c(-[n+]2cnn[nH]2)nc1N. The zero-order valence-electron chi connectivity index (χ0n) is 11.9. The Bertz CT molecular complexity index is 1090. The summed E-state index contributed by atoms with van der Waals surface area (Å²) in [6.45, 7) is 0. The minimum absolute atomic E-state index is 0.00818. The Hall–Kier alpha value is -3.58. The van der Waals surface area contributed by atoms with E-state index in [1.165, 1.54) is 11.0 Å². The van der Waals surface area contributed by atoms with Crippen LogP contribution in [0.4, 0.5) is 5.82 Å². The van der Waals surface area contributed by atoms with Gasteiger partial charge in [-0.2, -0.15) is 10.4 Å². The lowest BCUT2D eigenvalue weighted by atomic mass is 10.1. The first-order chi connectivity index (χ1) is 11.7. The first-order valence-electron chi connectivity index (χ1n) is 6.66. The van der Waals surface area contributed by atoms with Crippen LogP contribution in [0, 0.1) is 11.3 Å². The van der Waals surface area contributed by atoms with E-state index >= 15 is 0 Å². The Morgan fingerprint density at radius 1 is 1.29 bits per heavy atom. The largest absolute Gasteiger partial charge is 0.371 e. The lowest BCUT2D eigenvalue weighted by molar-refractivity contribution is -0.663. The zero-order valence-corrected chi connectivity index (χ0v) is 12.7. The summed E-state index contributed by atoms with van der Waals surface area (Å²) in [4.78, 5) is 8.55. The molecule has 10 nitrogen and oxygen atoms in total. The van der Waals surface area contributed by atoms with Crippen LogP contribution < -0.4 is 10.4 Å². The predicted molar refractivity (Wildman–Crippen MR) is 82.7 cm³/mol. The van der Waals surface area contributed by atoms with Crippen LogP contribution in [0.25, 0.3) is 28.0 Å². The number of aromatic nitrogens is 8. The Morgan fingerprint density at radius 3 is 2.92 bits per heavy atom. The smallest absolute Gasteiger partial charge is 0.282 e. The maximum atomic E-state index is 9.19. The second-order valence-electron chi connectivity index (χ2n) is 4.83. The number of hydrogen-bond donors (Lipinski definition) is 3. The highest BCUT2D eigenvalue weighted by molar-refractivity contribution is 6.35. The first kappa shape index (κ1) is 14.0. The van der Waals surface area contributed by atoms with Crippen LogP contribution >= 0.6 is 11.6 Å². The normalized spacial score (nSPS) is 10.8. The van der Waals surface area contributed by atoms with Crippen LogP contribution in [0.3, 0.4) is 0 Å². The Balaban J connectivity index is 2.03.